The number of hydrogen-bond donors (Lipinski definition) is 1. The first-order valence-corrected chi connectivity index (χ1v) is 8.15. The maximum atomic E-state index is 6.23. The lowest BCUT2D eigenvalue weighted by atomic mass is 10.2. The summed E-state index contributed by atoms with van der Waals surface area (Å²) in [6.45, 7) is 2.96. The van der Waals surface area contributed by atoms with E-state index in [2.05, 4.69) is 23.4 Å². The Morgan fingerprint density at radius 1 is 1.40 bits per heavy atom. The van der Waals surface area contributed by atoms with E-state index >= 15 is 0 Å². The first-order valence-electron chi connectivity index (χ1n) is 6.41. The summed E-state index contributed by atoms with van der Waals surface area (Å²) in [5, 5.41) is 9.11. The summed E-state index contributed by atoms with van der Waals surface area (Å²) in [4.78, 5) is 1.15. The van der Waals surface area contributed by atoms with Gasteiger partial charge < -0.3 is 5.32 Å². The van der Waals surface area contributed by atoms with Crippen LogP contribution in [0.25, 0.3) is 0 Å². The van der Waals surface area contributed by atoms with Gasteiger partial charge >= 0.3 is 0 Å². The molecule has 108 valence electrons. The van der Waals surface area contributed by atoms with Crippen molar-refractivity contribution in [1.29, 1.82) is 0 Å². The number of thioether (sulfide) groups is 1. The van der Waals surface area contributed by atoms with E-state index in [9.17, 15) is 0 Å². The predicted octanol–water partition coefficient (Wildman–Crippen LogP) is 4.17. The molecule has 0 bridgehead atoms. The maximum absolute atomic E-state index is 6.23. The van der Waals surface area contributed by atoms with Gasteiger partial charge in [-0.1, -0.05) is 36.2 Å². The Balaban J connectivity index is 2.10. The van der Waals surface area contributed by atoms with Crippen LogP contribution >= 0.6 is 35.0 Å². The zero-order chi connectivity index (χ0) is 14.5. The number of rotatable bonds is 6. The lowest BCUT2D eigenvalue weighted by Gasteiger charge is -2.18. The summed E-state index contributed by atoms with van der Waals surface area (Å²) in [6.07, 6.45) is 1.69. The molecule has 0 saturated heterocycles. The monoisotopic (exact) mass is 329 g/mol. The zero-order valence-electron chi connectivity index (χ0n) is 11.4. The molecule has 0 spiro atoms. The van der Waals surface area contributed by atoms with E-state index in [1.54, 1.807) is 18.0 Å². The van der Waals surface area contributed by atoms with Gasteiger partial charge in [-0.25, -0.2) is 0 Å². The van der Waals surface area contributed by atoms with E-state index in [1.165, 1.54) is 0 Å². The van der Waals surface area contributed by atoms with Gasteiger partial charge in [-0.2, -0.15) is 5.10 Å². The largest absolute Gasteiger partial charge is 0.308 e. The molecule has 0 aliphatic carbocycles. The third-order valence-electron chi connectivity index (χ3n) is 2.93. The summed E-state index contributed by atoms with van der Waals surface area (Å²) in [7, 11) is 1.91. The molecule has 1 aromatic heterocycles. The fraction of sp³-hybridized carbons (Fsp3) is 0.357. The molecule has 0 fully saturated rings. The second kappa shape index (κ2) is 7.36. The first kappa shape index (κ1) is 15.7. The molecule has 0 amide bonds. The van der Waals surface area contributed by atoms with E-state index < -0.39 is 0 Å². The van der Waals surface area contributed by atoms with E-state index in [0.717, 1.165) is 27.9 Å². The SMILES string of the molecule is CCNC(CSc1cccc(Cl)c1)c1c(Cl)cnn1C. The smallest absolute Gasteiger partial charge is 0.0834 e. The van der Waals surface area contributed by atoms with Crippen LogP contribution in [0.5, 0.6) is 0 Å². The average Bonchev–Trinajstić information content (AvgIpc) is 2.75. The Morgan fingerprint density at radius 2 is 2.20 bits per heavy atom. The first-order chi connectivity index (χ1) is 9.61. The molecule has 1 unspecified atom stereocenters. The highest BCUT2D eigenvalue weighted by Crippen LogP contribution is 2.29. The summed E-state index contributed by atoms with van der Waals surface area (Å²) in [6, 6.07) is 8.03. The summed E-state index contributed by atoms with van der Waals surface area (Å²) >= 11 is 14.0. The minimum absolute atomic E-state index is 0.156. The van der Waals surface area contributed by atoms with Crippen LogP contribution in [0.15, 0.2) is 35.4 Å². The molecule has 0 aliphatic heterocycles. The molecule has 1 aromatic carbocycles. The van der Waals surface area contributed by atoms with Gasteiger partial charge in [-0.15, -0.1) is 11.8 Å². The standard InChI is InChI=1S/C14H17Cl2N3S/c1-3-17-13(14-12(16)8-18-19(14)2)9-20-11-6-4-5-10(15)7-11/h4-8,13,17H,3,9H2,1-2H3. The lowest BCUT2D eigenvalue weighted by molar-refractivity contribution is 0.553. The second-order valence-corrected chi connectivity index (χ2v) is 6.32. The van der Waals surface area contributed by atoms with E-state index in [4.69, 9.17) is 23.2 Å². The summed E-state index contributed by atoms with van der Waals surface area (Å²) in [5.41, 5.74) is 1.02. The van der Waals surface area contributed by atoms with Gasteiger partial charge in [-0.3, -0.25) is 4.68 Å². The Hall–Kier alpha value is -0.680. The van der Waals surface area contributed by atoms with Gasteiger partial charge in [-0.05, 0) is 24.7 Å². The number of aromatic nitrogens is 2. The molecular weight excluding hydrogens is 313 g/mol. The molecule has 1 atom stereocenters. The molecule has 2 rings (SSSR count). The Kier molecular flexibility index (Phi) is 5.78. The van der Waals surface area contributed by atoms with E-state index in [-0.39, 0.29) is 6.04 Å². The number of nitrogens with zero attached hydrogens (tertiary/aromatic N) is 2. The van der Waals surface area contributed by atoms with Crippen molar-refractivity contribution in [1.82, 2.24) is 15.1 Å². The molecule has 2 aromatic rings. The quantitative estimate of drug-likeness (QED) is 0.806. The summed E-state index contributed by atoms with van der Waals surface area (Å²) < 4.78 is 1.83. The van der Waals surface area contributed by atoms with Crippen molar-refractivity contribution in [3.05, 3.63) is 46.2 Å². The molecule has 0 aliphatic rings. The van der Waals surface area contributed by atoms with Crippen LogP contribution in [0.3, 0.4) is 0 Å². The van der Waals surface area contributed by atoms with Crippen molar-refractivity contribution in [3.8, 4) is 0 Å². The van der Waals surface area contributed by atoms with Crippen LogP contribution < -0.4 is 5.32 Å². The van der Waals surface area contributed by atoms with Crippen LogP contribution in [0.2, 0.25) is 10.0 Å². The second-order valence-electron chi connectivity index (χ2n) is 4.38. The third-order valence-corrected chi connectivity index (χ3v) is 4.54. The summed E-state index contributed by atoms with van der Waals surface area (Å²) in [5.74, 6) is 0.868. The highest BCUT2D eigenvalue weighted by molar-refractivity contribution is 7.99. The van der Waals surface area contributed by atoms with Crippen molar-refractivity contribution < 1.29 is 0 Å². The van der Waals surface area contributed by atoms with Gasteiger partial charge in [0.25, 0.3) is 0 Å². The normalized spacial score (nSPS) is 12.6. The Labute approximate surface area is 133 Å². The number of nitrogens with one attached hydrogen (secondary N) is 1. The predicted molar refractivity (Wildman–Crippen MR) is 86.8 cm³/mol. The Morgan fingerprint density at radius 3 is 2.80 bits per heavy atom. The number of aryl methyl sites for hydroxylation is 1. The van der Waals surface area contributed by atoms with Gasteiger partial charge in [0.1, 0.15) is 0 Å². The van der Waals surface area contributed by atoms with E-state index in [1.807, 2.05) is 29.9 Å². The number of halogens is 2. The molecular formula is C14H17Cl2N3S. The fourth-order valence-electron chi connectivity index (χ4n) is 2.03. The van der Waals surface area contributed by atoms with Crippen molar-refractivity contribution in [3.63, 3.8) is 0 Å². The molecule has 6 heteroatoms. The van der Waals surface area contributed by atoms with Gasteiger partial charge in [0.15, 0.2) is 0 Å². The maximum Gasteiger partial charge on any atom is 0.0834 e. The molecule has 0 saturated carbocycles. The number of hydrogen-bond acceptors (Lipinski definition) is 3. The number of benzene rings is 1. The highest BCUT2D eigenvalue weighted by Gasteiger charge is 2.18. The highest BCUT2D eigenvalue weighted by atomic mass is 35.5. The third kappa shape index (κ3) is 3.92. The lowest BCUT2D eigenvalue weighted by Crippen LogP contribution is -2.25. The molecule has 3 nitrogen and oxygen atoms in total. The topological polar surface area (TPSA) is 29.9 Å². The van der Waals surface area contributed by atoms with Crippen LogP contribution in [-0.2, 0) is 7.05 Å². The van der Waals surface area contributed by atoms with Crippen molar-refractivity contribution in [2.75, 3.05) is 12.3 Å². The van der Waals surface area contributed by atoms with Gasteiger partial charge in [0.05, 0.1) is 23.0 Å². The minimum Gasteiger partial charge on any atom is -0.308 e. The average molecular weight is 330 g/mol. The molecule has 1 N–H and O–H groups in total. The fourth-order valence-corrected chi connectivity index (χ4v) is 3.60. The van der Waals surface area contributed by atoms with Crippen molar-refractivity contribution in [2.24, 2.45) is 7.05 Å². The van der Waals surface area contributed by atoms with Crippen molar-refractivity contribution in [2.45, 2.75) is 17.9 Å². The minimum atomic E-state index is 0.156. The van der Waals surface area contributed by atoms with Crippen LogP contribution in [0.4, 0.5) is 0 Å². The van der Waals surface area contributed by atoms with E-state index in [0.29, 0.717) is 5.02 Å². The van der Waals surface area contributed by atoms with Gasteiger partial charge in [0, 0.05) is 22.7 Å². The molecule has 0 radical (unpaired) electrons. The van der Waals surface area contributed by atoms with Crippen LogP contribution in [0.1, 0.15) is 18.7 Å². The van der Waals surface area contributed by atoms with Crippen molar-refractivity contribution >= 4 is 35.0 Å². The van der Waals surface area contributed by atoms with Gasteiger partial charge in [0.2, 0.25) is 0 Å². The molecule has 20 heavy (non-hydrogen) atoms. The molecule has 1 heterocycles. The van der Waals surface area contributed by atoms with Crippen LogP contribution in [0, 0.1) is 0 Å². The van der Waals surface area contributed by atoms with Crippen LogP contribution in [-0.4, -0.2) is 22.1 Å². The zero-order valence-corrected chi connectivity index (χ0v) is 13.8. The Bertz CT molecular complexity index is 552.